The molecule has 2 amide bonds. The van der Waals surface area contributed by atoms with Crippen LogP contribution in [0.5, 0.6) is 0 Å². The summed E-state index contributed by atoms with van der Waals surface area (Å²) in [4.78, 5) is 28.2. The zero-order chi connectivity index (χ0) is 21.3. The van der Waals surface area contributed by atoms with E-state index in [0.717, 1.165) is 30.0 Å². The largest absolute Gasteiger partial charge is 0.366 e. The highest BCUT2D eigenvalue weighted by Gasteiger charge is 2.21. The molecule has 30 heavy (non-hydrogen) atoms. The highest BCUT2D eigenvalue weighted by atomic mass is 32.1. The molecule has 1 fully saturated rings. The molecule has 0 aromatic heterocycles. The molecule has 0 aliphatic carbocycles. The van der Waals surface area contributed by atoms with Gasteiger partial charge in [0.2, 0.25) is 11.8 Å². The van der Waals surface area contributed by atoms with E-state index in [9.17, 15) is 9.59 Å². The molecule has 0 saturated carbocycles. The average Bonchev–Trinajstić information content (AvgIpc) is 2.78. The van der Waals surface area contributed by atoms with Gasteiger partial charge in [0.05, 0.1) is 11.4 Å². The van der Waals surface area contributed by atoms with Crippen molar-refractivity contribution in [3.8, 4) is 0 Å². The van der Waals surface area contributed by atoms with Crippen LogP contribution in [0.2, 0.25) is 0 Å². The summed E-state index contributed by atoms with van der Waals surface area (Å²) in [5, 5.41) is 6.05. The lowest BCUT2D eigenvalue weighted by atomic mass is 10.2. The fourth-order valence-corrected chi connectivity index (χ4v) is 3.53. The number of benzene rings is 2. The summed E-state index contributed by atoms with van der Waals surface area (Å²) in [5.74, 6) is -0.103. The van der Waals surface area contributed by atoms with Gasteiger partial charge in [-0.15, -0.1) is 0 Å². The number of hydrogen-bond acceptors (Lipinski definition) is 4. The summed E-state index contributed by atoms with van der Waals surface area (Å²) in [5.41, 5.74) is 2.76. The van der Waals surface area contributed by atoms with Crippen molar-refractivity contribution in [1.29, 1.82) is 0 Å². The van der Waals surface area contributed by atoms with Gasteiger partial charge in [0.1, 0.15) is 0 Å². The topological polar surface area (TPSA) is 64.7 Å². The fraction of sp³-hybridized carbons (Fsp3) is 0.261. The van der Waals surface area contributed by atoms with Gasteiger partial charge in [-0.05, 0) is 36.0 Å². The van der Waals surface area contributed by atoms with Gasteiger partial charge in [-0.2, -0.15) is 0 Å². The summed E-state index contributed by atoms with van der Waals surface area (Å²) in [7, 11) is 0. The first-order valence-electron chi connectivity index (χ1n) is 10.0. The SMILES string of the molecule is CCC(=O)N1CCN(c2ccccc2NC(=S)NC(=O)/C=C/c2ccccc2)CC1. The summed E-state index contributed by atoms with van der Waals surface area (Å²) >= 11 is 5.32. The molecule has 6 nitrogen and oxygen atoms in total. The third-order valence-corrected chi connectivity index (χ3v) is 5.10. The molecule has 0 spiro atoms. The third kappa shape index (κ3) is 5.90. The van der Waals surface area contributed by atoms with Crippen LogP contribution in [0.3, 0.4) is 0 Å². The minimum Gasteiger partial charge on any atom is -0.366 e. The van der Waals surface area contributed by atoms with Gasteiger partial charge in [-0.25, -0.2) is 0 Å². The van der Waals surface area contributed by atoms with Gasteiger partial charge in [-0.3, -0.25) is 14.9 Å². The summed E-state index contributed by atoms with van der Waals surface area (Å²) in [6, 6.07) is 17.4. The molecule has 0 radical (unpaired) electrons. The van der Waals surface area contributed by atoms with E-state index in [-0.39, 0.29) is 16.9 Å². The Morgan fingerprint density at radius 1 is 1.00 bits per heavy atom. The molecule has 2 aromatic rings. The predicted molar refractivity (Wildman–Crippen MR) is 125 cm³/mol. The molecule has 1 aliphatic heterocycles. The van der Waals surface area contributed by atoms with Crippen molar-refractivity contribution in [2.24, 2.45) is 0 Å². The van der Waals surface area contributed by atoms with Crippen molar-refractivity contribution in [2.75, 3.05) is 36.4 Å². The van der Waals surface area contributed by atoms with Gasteiger partial charge in [-0.1, -0.05) is 49.4 Å². The standard InChI is InChI=1S/C23H26N4O2S/c1-2-22(29)27-16-14-26(15-17-27)20-11-7-6-10-19(20)24-23(30)25-21(28)13-12-18-8-4-3-5-9-18/h3-13H,2,14-17H2,1H3,(H2,24,25,28,30)/b13-12+. The van der Waals surface area contributed by atoms with Gasteiger partial charge in [0.15, 0.2) is 5.11 Å². The second kappa shape index (κ2) is 10.5. The number of rotatable bonds is 5. The molecule has 3 rings (SSSR count). The van der Waals surface area contributed by atoms with Crippen LogP contribution in [0.1, 0.15) is 18.9 Å². The molecule has 0 bridgehead atoms. The van der Waals surface area contributed by atoms with Crippen LogP contribution < -0.4 is 15.5 Å². The predicted octanol–water partition coefficient (Wildman–Crippen LogP) is 3.27. The lowest BCUT2D eigenvalue weighted by Gasteiger charge is -2.37. The molecule has 1 aliphatic rings. The second-order valence-electron chi connectivity index (χ2n) is 6.93. The van der Waals surface area contributed by atoms with Gasteiger partial charge >= 0.3 is 0 Å². The Morgan fingerprint density at radius 3 is 2.37 bits per heavy atom. The maximum atomic E-state index is 12.2. The van der Waals surface area contributed by atoms with Crippen molar-refractivity contribution in [1.82, 2.24) is 10.2 Å². The fourth-order valence-electron chi connectivity index (χ4n) is 3.32. The van der Waals surface area contributed by atoms with Crippen LogP contribution in [-0.4, -0.2) is 48.0 Å². The van der Waals surface area contributed by atoms with E-state index in [0.29, 0.717) is 19.5 Å². The van der Waals surface area contributed by atoms with Gasteiger partial charge in [0, 0.05) is 38.7 Å². The van der Waals surface area contributed by atoms with E-state index >= 15 is 0 Å². The molecular weight excluding hydrogens is 396 g/mol. The lowest BCUT2D eigenvalue weighted by Crippen LogP contribution is -2.48. The van der Waals surface area contributed by atoms with E-state index in [1.54, 1.807) is 6.08 Å². The van der Waals surface area contributed by atoms with Crippen molar-refractivity contribution in [3.05, 3.63) is 66.2 Å². The second-order valence-corrected chi connectivity index (χ2v) is 7.33. The number of carbonyl (C=O) groups excluding carboxylic acids is 2. The van der Waals surface area contributed by atoms with Crippen LogP contribution in [0.4, 0.5) is 11.4 Å². The van der Waals surface area contributed by atoms with E-state index in [1.165, 1.54) is 6.08 Å². The number of anilines is 2. The number of nitrogens with one attached hydrogen (secondary N) is 2. The Bertz CT molecular complexity index is 922. The Kier molecular flexibility index (Phi) is 7.57. The number of amides is 2. The van der Waals surface area contributed by atoms with Crippen LogP contribution in [0, 0.1) is 0 Å². The highest BCUT2D eigenvalue weighted by Crippen LogP contribution is 2.26. The molecule has 1 heterocycles. The average molecular weight is 423 g/mol. The normalized spacial score (nSPS) is 13.9. The van der Waals surface area contributed by atoms with Crippen molar-refractivity contribution < 1.29 is 9.59 Å². The number of piperazine rings is 1. The Hall–Kier alpha value is -3.19. The third-order valence-electron chi connectivity index (χ3n) is 4.89. The van der Waals surface area contributed by atoms with Crippen molar-refractivity contribution >= 4 is 46.6 Å². The summed E-state index contributed by atoms with van der Waals surface area (Å²) < 4.78 is 0. The minimum absolute atomic E-state index is 0.188. The number of thiocarbonyl (C=S) groups is 1. The number of carbonyl (C=O) groups is 2. The highest BCUT2D eigenvalue weighted by molar-refractivity contribution is 7.80. The monoisotopic (exact) mass is 422 g/mol. The van der Waals surface area contributed by atoms with Crippen LogP contribution in [0.15, 0.2) is 60.7 Å². The van der Waals surface area contributed by atoms with Crippen molar-refractivity contribution in [3.63, 3.8) is 0 Å². The van der Waals surface area contributed by atoms with Crippen LogP contribution >= 0.6 is 12.2 Å². The van der Waals surface area contributed by atoms with Crippen LogP contribution in [-0.2, 0) is 9.59 Å². The molecule has 1 saturated heterocycles. The summed E-state index contributed by atoms with van der Waals surface area (Å²) in [6.45, 7) is 4.80. The number of nitrogens with zero attached hydrogens (tertiary/aromatic N) is 2. The Morgan fingerprint density at radius 2 is 1.67 bits per heavy atom. The maximum absolute atomic E-state index is 12.2. The van der Waals surface area contributed by atoms with E-state index < -0.39 is 0 Å². The van der Waals surface area contributed by atoms with Gasteiger partial charge in [0.25, 0.3) is 0 Å². The Balaban J connectivity index is 1.58. The first-order chi connectivity index (χ1) is 14.6. The molecule has 0 unspecified atom stereocenters. The van der Waals surface area contributed by atoms with Crippen LogP contribution in [0.25, 0.3) is 6.08 Å². The van der Waals surface area contributed by atoms with Crippen molar-refractivity contribution in [2.45, 2.75) is 13.3 Å². The molecule has 2 aromatic carbocycles. The zero-order valence-electron chi connectivity index (χ0n) is 17.0. The molecule has 156 valence electrons. The molecule has 7 heteroatoms. The maximum Gasteiger partial charge on any atom is 0.250 e. The first-order valence-corrected chi connectivity index (χ1v) is 10.4. The molecular formula is C23H26N4O2S. The zero-order valence-corrected chi connectivity index (χ0v) is 17.8. The van der Waals surface area contributed by atoms with E-state index in [2.05, 4.69) is 15.5 Å². The number of para-hydroxylation sites is 2. The molecule has 2 N–H and O–H groups in total. The lowest BCUT2D eigenvalue weighted by molar-refractivity contribution is -0.131. The summed E-state index contributed by atoms with van der Waals surface area (Å²) in [6.07, 6.45) is 3.73. The smallest absolute Gasteiger partial charge is 0.250 e. The van der Waals surface area contributed by atoms with E-state index in [4.69, 9.17) is 12.2 Å². The first kappa shape index (κ1) is 21.5. The number of hydrogen-bond donors (Lipinski definition) is 2. The quantitative estimate of drug-likeness (QED) is 0.572. The van der Waals surface area contributed by atoms with E-state index in [1.807, 2.05) is 66.4 Å². The minimum atomic E-state index is -0.291. The van der Waals surface area contributed by atoms with Gasteiger partial charge < -0.3 is 15.1 Å². The Labute approximate surface area is 182 Å². The molecule has 0 atom stereocenters.